The molecule has 0 aromatic heterocycles. The summed E-state index contributed by atoms with van der Waals surface area (Å²) in [6.45, 7) is 16.1. The van der Waals surface area contributed by atoms with Crippen molar-refractivity contribution >= 4 is 0 Å². The van der Waals surface area contributed by atoms with E-state index in [1.807, 2.05) is 24.3 Å². The molecule has 0 bridgehead atoms. The van der Waals surface area contributed by atoms with Crippen molar-refractivity contribution in [1.29, 1.82) is 0 Å². The van der Waals surface area contributed by atoms with Gasteiger partial charge >= 0.3 is 0 Å². The Balaban J connectivity index is 0.000000182. The predicted molar refractivity (Wildman–Crippen MR) is 295 cm³/mol. The van der Waals surface area contributed by atoms with E-state index in [2.05, 4.69) is 173 Å². The van der Waals surface area contributed by atoms with Gasteiger partial charge in [-0.25, -0.2) is 0 Å². The lowest BCUT2D eigenvalue weighted by Crippen LogP contribution is -2.29. The molecule has 4 atom stereocenters. The number of rotatable bonds is 16. The highest BCUT2D eigenvalue weighted by Gasteiger charge is 2.48. The molecule has 4 N–H and O–H groups in total. The Labute approximate surface area is 436 Å². The summed E-state index contributed by atoms with van der Waals surface area (Å²) in [6.07, 6.45) is -2.12. The van der Waals surface area contributed by atoms with E-state index in [1.165, 1.54) is 44.5 Å². The number of hydrogen-bond donors (Lipinski definition) is 4. The molecule has 2 aliphatic rings. The fourth-order valence-electron chi connectivity index (χ4n) is 11.1. The SMILES string of the molecule is Cc1cc(C2(c3ccc(OCC(C)O)c(C)c3)c3ccccc3-c3ccccc32)ccc1OCC(C)O.Cc1cc(C2(c3ccc(OCC(C)O)c(C)c3)c3ccccc3-c3ccccc32)ccc1OCC(C)O. The van der Waals surface area contributed by atoms with Gasteiger partial charge in [-0.15, -0.1) is 0 Å². The Morgan fingerprint density at radius 3 is 0.703 bits per heavy atom. The molecule has 0 saturated carbocycles. The second-order valence-electron chi connectivity index (χ2n) is 20.2. The molecule has 10 rings (SSSR count). The number of ether oxygens (including phenoxy) is 4. The van der Waals surface area contributed by atoms with Gasteiger partial charge in [-0.3, -0.25) is 0 Å². The summed E-state index contributed by atoms with van der Waals surface area (Å²) in [5.41, 5.74) is 17.6. The van der Waals surface area contributed by atoms with Crippen molar-refractivity contribution in [2.24, 2.45) is 0 Å². The Bertz CT molecular complexity index is 2840. The maximum atomic E-state index is 9.71. The van der Waals surface area contributed by atoms with Gasteiger partial charge in [0.1, 0.15) is 49.4 Å². The first-order chi connectivity index (χ1) is 35.6. The average Bonchev–Trinajstić information content (AvgIpc) is 3.87. The molecule has 380 valence electrons. The maximum Gasteiger partial charge on any atom is 0.122 e. The quantitative estimate of drug-likeness (QED) is 0.0756. The van der Waals surface area contributed by atoms with Gasteiger partial charge in [0, 0.05) is 0 Å². The summed E-state index contributed by atoms with van der Waals surface area (Å²) in [6, 6.07) is 60.1. The molecule has 0 spiro atoms. The molecule has 0 amide bonds. The number of aryl methyl sites for hydroxylation is 4. The number of aliphatic hydroxyl groups is 4. The van der Waals surface area contributed by atoms with Crippen molar-refractivity contribution < 1.29 is 39.4 Å². The Hall–Kier alpha value is -7.20. The lowest BCUT2D eigenvalue weighted by molar-refractivity contribution is 0.122. The van der Waals surface area contributed by atoms with Crippen LogP contribution in [0, 0.1) is 27.7 Å². The predicted octanol–water partition coefficient (Wildman–Crippen LogP) is 12.4. The largest absolute Gasteiger partial charge is 0.491 e. The van der Waals surface area contributed by atoms with E-state index in [0.717, 1.165) is 67.5 Å². The van der Waals surface area contributed by atoms with Crippen molar-refractivity contribution in [2.45, 2.75) is 90.6 Å². The number of benzene rings is 8. The van der Waals surface area contributed by atoms with Crippen molar-refractivity contribution in [1.82, 2.24) is 0 Å². The van der Waals surface area contributed by atoms with E-state index < -0.39 is 35.2 Å². The van der Waals surface area contributed by atoms with E-state index >= 15 is 0 Å². The Morgan fingerprint density at radius 2 is 0.514 bits per heavy atom. The fraction of sp³-hybridized carbons (Fsp3) is 0.273. The van der Waals surface area contributed by atoms with Crippen LogP contribution in [0.4, 0.5) is 0 Å². The second-order valence-corrected chi connectivity index (χ2v) is 20.2. The lowest BCUT2D eigenvalue weighted by atomic mass is 9.67. The van der Waals surface area contributed by atoms with Crippen LogP contribution in [0.5, 0.6) is 23.0 Å². The summed E-state index contributed by atoms with van der Waals surface area (Å²) in [7, 11) is 0. The van der Waals surface area contributed by atoms with E-state index in [9.17, 15) is 20.4 Å². The van der Waals surface area contributed by atoms with Crippen LogP contribution in [0.1, 0.15) is 94.5 Å². The third-order valence-electron chi connectivity index (χ3n) is 14.3. The molecule has 0 radical (unpaired) electrons. The Kier molecular flexibility index (Phi) is 15.2. The summed E-state index contributed by atoms with van der Waals surface area (Å²) in [4.78, 5) is 0. The van der Waals surface area contributed by atoms with Crippen molar-refractivity contribution in [2.75, 3.05) is 26.4 Å². The standard InChI is InChI=1S/2C33H34O4/c2*1-21-17-25(13-15-31(21)36-19-23(3)34)33(26-14-16-32(22(2)18-26)37-20-24(4)35)29-11-7-5-9-27(29)28-10-6-8-12-30(28)33/h2*5-18,23-24,34-35H,19-20H2,1-4H3. The van der Waals surface area contributed by atoms with Gasteiger partial charge in [0.25, 0.3) is 0 Å². The summed E-state index contributed by atoms with van der Waals surface area (Å²) >= 11 is 0. The van der Waals surface area contributed by atoms with Gasteiger partial charge in [0.05, 0.1) is 35.2 Å². The number of aliphatic hydroxyl groups excluding tert-OH is 4. The van der Waals surface area contributed by atoms with Crippen LogP contribution in [0.2, 0.25) is 0 Å². The molecule has 8 heteroatoms. The van der Waals surface area contributed by atoms with Crippen LogP contribution in [0.3, 0.4) is 0 Å². The third-order valence-corrected chi connectivity index (χ3v) is 14.3. The molecule has 8 nitrogen and oxygen atoms in total. The van der Waals surface area contributed by atoms with Crippen LogP contribution in [-0.2, 0) is 10.8 Å². The third kappa shape index (κ3) is 9.71. The van der Waals surface area contributed by atoms with Gasteiger partial charge in [0.2, 0.25) is 0 Å². The second kappa shape index (κ2) is 21.7. The van der Waals surface area contributed by atoms with Crippen molar-refractivity contribution in [3.05, 3.63) is 237 Å². The fourth-order valence-corrected chi connectivity index (χ4v) is 11.1. The molecular weight excluding hydrogens is 921 g/mol. The van der Waals surface area contributed by atoms with Crippen molar-refractivity contribution in [3.8, 4) is 45.3 Å². The van der Waals surface area contributed by atoms with E-state index in [1.54, 1.807) is 27.7 Å². The highest BCUT2D eigenvalue weighted by Crippen LogP contribution is 2.58. The molecule has 74 heavy (non-hydrogen) atoms. The van der Waals surface area contributed by atoms with Gasteiger partial charge in [0.15, 0.2) is 0 Å². The Morgan fingerprint density at radius 1 is 0.311 bits per heavy atom. The number of hydrogen-bond acceptors (Lipinski definition) is 8. The van der Waals surface area contributed by atoms with Gasteiger partial charge in [-0.05, 0) is 169 Å². The van der Waals surface area contributed by atoms with E-state index in [-0.39, 0.29) is 26.4 Å². The first-order valence-corrected chi connectivity index (χ1v) is 25.7. The van der Waals surface area contributed by atoms with E-state index in [0.29, 0.717) is 0 Å². The molecule has 4 unspecified atom stereocenters. The zero-order valence-corrected chi connectivity index (χ0v) is 43.7. The average molecular weight is 989 g/mol. The maximum absolute atomic E-state index is 9.71. The van der Waals surface area contributed by atoms with Gasteiger partial charge in [-0.2, -0.15) is 0 Å². The van der Waals surface area contributed by atoms with Crippen LogP contribution >= 0.6 is 0 Å². The molecule has 0 aliphatic heterocycles. The van der Waals surface area contributed by atoms with Gasteiger partial charge < -0.3 is 39.4 Å². The molecule has 8 aromatic rings. The first-order valence-electron chi connectivity index (χ1n) is 25.7. The highest BCUT2D eigenvalue weighted by atomic mass is 16.5. The minimum atomic E-state index is -0.531. The van der Waals surface area contributed by atoms with E-state index in [4.69, 9.17) is 18.9 Å². The molecule has 0 saturated heterocycles. The summed E-state index contributed by atoms with van der Waals surface area (Å²) in [5, 5.41) is 38.8. The van der Waals surface area contributed by atoms with Crippen LogP contribution in [0.25, 0.3) is 22.3 Å². The van der Waals surface area contributed by atoms with Gasteiger partial charge in [-0.1, -0.05) is 146 Å². The molecular formula is C66H68O8. The summed E-state index contributed by atoms with van der Waals surface area (Å²) in [5.74, 6) is 3.10. The number of fused-ring (bicyclic) bond motifs is 6. The normalized spacial score (nSPS) is 15.0. The zero-order valence-electron chi connectivity index (χ0n) is 43.7. The molecule has 2 aliphatic carbocycles. The molecule has 8 aromatic carbocycles. The topological polar surface area (TPSA) is 118 Å². The monoisotopic (exact) mass is 988 g/mol. The van der Waals surface area contributed by atoms with Crippen molar-refractivity contribution in [3.63, 3.8) is 0 Å². The van der Waals surface area contributed by atoms with Crippen LogP contribution in [-0.4, -0.2) is 71.3 Å². The highest BCUT2D eigenvalue weighted by molar-refractivity contribution is 5.88. The minimum absolute atomic E-state index is 0.254. The molecule has 0 heterocycles. The minimum Gasteiger partial charge on any atom is -0.491 e. The molecule has 0 fully saturated rings. The van der Waals surface area contributed by atoms with Crippen LogP contribution < -0.4 is 18.9 Å². The lowest BCUT2D eigenvalue weighted by Gasteiger charge is -2.34. The summed E-state index contributed by atoms with van der Waals surface area (Å²) < 4.78 is 23.5. The smallest absolute Gasteiger partial charge is 0.122 e. The zero-order chi connectivity index (χ0) is 52.3. The van der Waals surface area contributed by atoms with Crippen LogP contribution in [0.15, 0.2) is 170 Å². The first kappa shape index (κ1) is 51.7.